The Bertz CT molecular complexity index is 787. The second kappa shape index (κ2) is 8.61. The van der Waals surface area contributed by atoms with Crippen LogP contribution in [0, 0.1) is 13.8 Å². The molecule has 0 saturated heterocycles. The highest BCUT2D eigenvalue weighted by Gasteiger charge is 2.17. The molecular formula is C21H28N2O3. The molecule has 1 N–H and O–H groups in total. The normalized spacial score (nSPS) is 10.4. The first kappa shape index (κ1) is 19.6. The van der Waals surface area contributed by atoms with E-state index in [4.69, 9.17) is 9.47 Å². The van der Waals surface area contributed by atoms with Crippen molar-refractivity contribution in [3.8, 4) is 11.5 Å². The van der Waals surface area contributed by atoms with E-state index < -0.39 is 0 Å². The molecule has 26 heavy (non-hydrogen) atoms. The van der Waals surface area contributed by atoms with Gasteiger partial charge in [0, 0.05) is 14.1 Å². The van der Waals surface area contributed by atoms with Crippen molar-refractivity contribution in [3.63, 3.8) is 0 Å². The first-order chi connectivity index (χ1) is 12.4. The number of carbonyl (C=O) groups excluding carboxylic acids is 1. The number of amides is 2. The molecule has 5 nitrogen and oxygen atoms in total. The van der Waals surface area contributed by atoms with Gasteiger partial charge < -0.3 is 14.8 Å². The van der Waals surface area contributed by atoms with E-state index in [0.29, 0.717) is 12.4 Å². The topological polar surface area (TPSA) is 50.8 Å². The van der Waals surface area contributed by atoms with Gasteiger partial charge in [0.2, 0.25) is 0 Å². The van der Waals surface area contributed by atoms with Crippen LogP contribution in [0.1, 0.15) is 29.2 Å². The Morgan fingerprint density at radius 2 is 1.88 bits per heavy atom. The van der Waals surface area contributed by atoms with Crippen molar-refractivity contribution in [1.29, 1.82) is 0 Å². The van der Waals surface area contributed by atoms with Crippen LogP contribution in [-0.2, 0) is 13.0 Å². The first-order valence-electron chi connectivity index (χ1n) is 8.77. The van der Waals surface area contributed by atoms with Crippen molar-refractivity contribution >= 4 is 11.7 Å². The van der Waals surface area contributed by atoms with Gasteiger partial charge in [-0.1, -0.05) is 19.1 Å². The summed E-state index contributed by atoms with van der Waals surface area (Å²) in [5, 5.41) is 2.64. The number of aryl methyl sites for hydroxylation is 3. The lowest BCUT2D eigenvalue weighted by atomic mass is 10.0. The fourth-order valence-electron chi connectivity index (χ4n) is 3.02. The molecule has 5 heteroatoms. The number of ether oxygens (including phenoxy) is 2. The third-order valence-corrected chi connectivity index (χ3v) is 4.59. The van der Waals surface area contributed by atoms with Crippen molar-refractivity contribution < 1.29 is 14.3 Å². The highest BCUT2D eigenvalue weighted by Crippen LogP contribution is 2.31. The van der Waals surface area contributed by atoms with Crippen LogP contribution < -0.4 is 19.7 Å². The molecule has 2 amide bonds. The zero-order valence-corrected chi connectivity index (χ0v) is 16.5. The second-order valence-corrected chi connectivity index (χ2v) is 6.26. The molecule has 140 valence electrons. The van der Waals surface area contributed by atoms with Crippen molar-refractivity contribution in [2.24, 2.45) is 0 Å². The molecule has 0 bridgehead atoms. The fraction of sp³-hybridized carbons (Fsp3) is 0.381. The first-order valence-corrected chi connectivity index (χ1v) is 8.77. The average molecular weight is 356 g/mol. The summed E-state index contributed by atoms with van der Waals surface area (Å²) >= 11 is 0. The van der Waals surface area contributed by atoms with Gasteiger partial charge in [-0.05, 0) is 55.2 Å². The summed E-state index contributed by atoms with van der Waals surface area (Å²) in [6.45, 7) is 6.61. The minimum Gasteiger partial charge on any atom is -0.496 e. The Kier molecular flexibility index (Phi) is 6.50. The Balaban J connectivity index is 2.34. The standard InChI is InChI=1S/C21H28N2O3/c1-7-16-11-15(3)20(12-14(16)2)26-13-17-18(23(5)21(24)22-4)9-8-10-19(17)25-6/h8-12H,7,13H2,1-6H3,(H,22,24). The van der Waals surface area contributed by atoms with Crippen LogP contribution in [0.15, 0.2) is 30.3 Å². The molecule has 0 saturated carbocycles. The number of rotatable bonds is 6. The molecule has 0 aromatic heterocycles. The third-order valence-electron chi connectivity index (χ3n) is 4.59. The summed E-state index contributed by atoms with van der Waals surface area (Å²) < 4.78 is 11.6. The van der Waals surface area contributed by atoms with Crippen LogP contribution >= 0.6 is 0 Å². The number of carbonyl (C=O) groups is 1. The van der Waals surface area contributed by atoms with Crippen molar-refractivity contribution in [2.45, 2.75) is 33.8 Å². The molecule has 0 radical (unpaired) electrons. The van der Waals surface area contributed by atoms with Crippen molar-refractivity contribution in [3.05, 3.63) is 52.6 Å². The second-order valence-electron chi connectivity index (χ2n) is 6.26. The van der Waals surface area contributed by atoms with E-state index in [1.165, 1.54) is 11.1 Å². The quantitative estimate of drug-likeness (QED) is 0.843. The minimum absolute atomic E-state index is 0.196. The number of benzene rings is 2. The SMILES string of the molecule is CCc1cc(C)c(OCc2c(OC)cccc2N(C)C(=O)NC)cc1C. The molecule has 0 fully saturated rings. The van der Waals surface area contributed by atoms with E-state index in [9.17, 15) is 4.79 Å². The van der Waals surface area contributed by atoms with Gasteiger partial charge in [-0.3, -0.25) is 4.90 Å². The van der Waals surface area contributed by atoms with Crippen LogP contribution in [0.2, 0.25) is 0 Å². The molecule has 2 aromatic carbocycles. The Hall–Kier alpha value is -2.69. The number of hydrogen-bond acceptors (Lipinski definition) is 3. The zero-order chi connectivity index (χ0) is 19.3. The lowest BCUT2D eigenvalue weighted by Gasteiger charge is -2.22. The molecule has 0 atom stereocenters. The molecule has 0 aliphatic heterocycles. The summed E-state index contributed by atoms with van der Waals surface area (Å²) in [6.07, 6.45) is 1.00. The molecule has 0 heterocycles. The largest absolute Gasteiger partial charge is 0.496 e. The van der Waals surface area contributed by atoms with Crippen LogP contribution in [-0.4, -0.2) is 27.2 Å². The number of nitrogens with zero attached hydrogens (tertiary/aromatic N) is 1. The van der Waals surface area contributed by atoms with Gasteiger partial charge >= 0.3 is 6.03 Å². The van der Waals surface area contributed by atoms with E-state index in [1.54, 1.807) is 26.1 Å². The Morgan fingerprint density at radius 1 is 1.15 bits per heavy atom. The van der Waals surface area contributed by atoms with Crippen LogP contribution in [0.3, 0.4) is 0 Å². The lowest BCUT2D eigenvalue weighted by Crippen LogP contribution is -2.35. The van der Waals surface area contributed by atoms with E-state index in [-0.39, 0.29) is 6.03 Å². The maximum absolute atomic E-state index is 12.0. The van der Waals surface area contributed by atoms with Gasteiger partial charge in [-0.15, -0.1) is 0 Å². The lowest BCUT2D eigenvalue weighted by molar-refractivity contribution is 0.249. The minimum atomic E-state index is -0.196. The third kappa shape index (κ3) is 4.10. The van der Waals surface area contributed by atoms with E-state index >= 15 is 0 Å². The highest BCUT2D eigenvalue weighted by atomic mass is 16.5. The van der Waals surface area contributed by atoms with Crippen molar-refractivity contribution in [1.82, 2.24) is 5.32 Å². The molecule has 0 unspecified atom stereocenters. The fourth-order valence-corrected chi connectivity index (χ4v) is 3.02. The predicted molar refractivity (Wildman–Crippen MR) is 105 cm³/mol. The summed E-state index contributed by atoms with van der Waals surface area (Å²) in [7, 11) is 4.95. The van der Waals surface area contributed by atoms with Gasteiger partial charge in [-0.25, -0.2) is 4.79 Å². The number of methoxy groups -OCH3 is 1. The molecular weight excluding hydrogens is 328 g/mol. The molecule has 2 aromatic rings. The van der Waals surface area contributed by atoms with E-state index in [1.807, 2.05) is 25.1 Å². The predicted octanol–water partition coefficient (Wildman–Crippen LogP) is 4.23. The smallest absolute Gasteiger partial charge is 0.321 e. The van der Waals surface area contributed by atoms with Crippen LogP contribution in [0.4, 0.5) is 10.5 Å². The van der Waals surface area contributed by atoms with Gasteiger partial charge in [0.25, 0.3) is 0 Å². The maximum Gasteiger partial charge on any atom is 0.321 e. The van der Waals surface area contributed by atoms with Gasteiger partial charge in [0.05, 0.1) is 18.4 Å². The van der Waals surface area contributed by atoms with E-state index in [0.717, 1.165) is 29.0 Å². The molecule has 0 aliphatic carbocycles. The zero-order valence-electron chi connectivity index (χ0n) is 16.5. The Labute approximate surface area is 155 Å². The molecule has 2 rings (SSSR count). The number of anilines is 1. The molecule has 0 spiro atoms. The van der Waals surface area contributed by atoms with Crippen LogP contribution in [0.25, 0.3) is 0 Å². The summed E-state index contributed by atoms with van der Waals surface area (Å²) in [5.74, 6) is 1.54. The summed E-state index contributed by atoms with van der Waals surface area (Å²) in [6, 6.07) is 9.67. The number of urea groups is 1. The summed E-state index contributed by atoms with van der Waals surface area (Å²) in [5.41, 5.74) is 5.23. The van der Waals surface area contributed by atoms with Gasteiger partial charge in [-0.2, -0.15) is 0 Å². The van der Waals surface area contributed by atoms with E-state index in [2.05, 4.69) is 31.3 Å². The van der Waals surface area contributed by atoms with Gasteiger partial charge in [0.15, 0.2) is 0 Å². The average Bonchev–Trinajstić information content (AvgIpc) is 2.66. The number of nitrogens with one attached hydrogen (secondary N) is 1. The summed E-state index contributed by atoms with van der Waals surface area (Å²) in [4.78, 5) is 13.6. The highest BCUT2D eigenvalue weighted by molar-refractivity contribution is 5.92. The van der Waals surface area contributed by atoms with Crippen molar-refractivity contribution in [2.75, 3.05) is 26.1 Å². The van der Waals surface area contributed by atoms with Gasteiger partial charge in [0.1, 0.15) is 18.1 Å². The number of hydrogen-bond donors (Lipinski definition) is 1. The van der Waals surface area contributed by atoms with Crippen LogP contribution in [0.5, 0.6) is 11.5 Å². The Morgan fingerprint density at radius 3 is 2.50 bits per heavy atom. The molecule has 0 aliphatic rings. The maximum atomic E-state index is 12.0. The monoisotopic (exact) mass is 356 g/mol.